The molecule has 2 aromatic rings. The van der Waals surface area contributed by atoms with E-state index in [1.807, 2.05) is 0 Å². The van der Waals surface area contributed by atoms with E-state index in [4.69, 9.17) is 11.6 Å². The standard InChI is InChI=1S/C17H17ClF4N4O5S/c1-4-8(2)23-32(30,31)24-15(28)9-5-12(11(19)6-10(9)18)26-14(27)7-13(17(20,21)22)25(3)16(26)29/h5-8,23H,4H2,1-3H3,(H,24,28). The molecular weight excluding hydrogens is 484 g/mol. The number of aromatic nitrogens is 2. The third-order valence-corrected chi connectivity index (χ3v) is 5.81. The van der Waals surface area contributed by atoms with Gasteiger partial charge in [0.05, 0.1) is 16.3 Å². The van der Waals surface area contributed by atoms with Crippen molar-refractivity contribution in [2.75, 3.05) is 0 Å². The molecule has 2 rings (SSSR count). The SMILES string of the molecule is CCC(C)NS(=O)(=O)NC(=O)c1cc(-n2c(=O)cc(C(F)(F)F)n(C)c2=O)c(F)cc1Cl. The molecule has 9 nitrogen and oxygen atoms in total. The molecule has 0 aliphatic rings. The summed E-state index contributed by atoms with van der Waals surface area (Å²) in [5, 5.41) is -0.570. The molecule has 1 unspecified atom stereocenters. The van der Waals surface area contributed by atoms with Crippen LogP contribution in [-0.2, 0) is 23.4 Å². The molecular formula is C17H17ClF4N4O5S. The van der Waals surface area contributed by atoms with Crippen LogP contribution in [0.3, 0.4) is 0 Å². The molecule has 1 amide bonds. The Balaban J connectivity index is 2.62. The van der Waals surface area contributed by atoms with Gasteiger partial charge in [0, 0.05) is 19.2 Å². The second-order valence-electron chi connectivity index (χ2n) is 6.69. The molecule has 0 bridgehead atoms. The predicted molar refractivity (Wildman–Crippen MR) is 107 cm³/mol. The zero-order valence-corrected chi connectivity index (χ0v) is 18.3. The van der Waals surface area contributed by atoms with Gasteiger partial charge in [-0.15, -0.1) is 0 Å². The van der Waals surface area contributed by atoms with Crippen LogP contribution in [0.15, 0.2) is 27.8 Å². The van der Waals surface area contributed by atoms with Crippen LogP contribution in [0.5, 0.6) is 0 Å². The van der Waals surface area contributed by atoms with Crippen molar-refractivity contribution in [3.05, 3.63) is 61.1 Å². The minimum Gasteiger partial charge on any atom is -0.292 e. The van der Waals surface area contributed by atoms with E-state index in [0.717, 1.165) is 7.05 Å². The Hall–Kier alpha value is -2.71. The van der Waals surface area contributed by atoms with Crippen LogP contribution in [0.2, 0.25) is 5.02 Å². The van der Waals surface area contributed by atoms with E-state index >= 15 is 0 Å². The zero-order chi connectivity index (χ0) is 24.6. The lowest BCUT2D eigenvalue weighted by Gasteiger charge is -2.16. The van der Waals surface area contributed by atoms with Gasteiger partial charge in [0.15, 0.2) is 0 Å². The highest BCUT2D eigenvalue weighted by Gasteiger charge is 2.35. The van der Waals surface area contributed by atoms with Crippen LogP contribution in [0.4, 0.5) is 17.6 Å². The number of amides is 1. The van der Waals surface area contributed by atoms with Gasteiger partial charge in [-0.3, -0.25) is 14.2 Å². The van der Waals surface area contributed by atoms with Crippen molar-refractivity contribution in [2.24, 2.45) is 7.05 Å². The Bertz CT molecular complexity index is 1290. The first-order valence-electron chi connectivity index (χ1n) is 8.83. The number of hydrogen-bond acceptors (Lipinski definition) is 5. The van der Waals surface area contributed by atoms with Crippen LogP contribution >= 0.6 is 11.6 Å². The van der Waals surface area contributed by atoms with Crippen molar-refractivity contribution in [3.63, 3.8) is 0 Å². The van der Waals surface area contributed by atoms with E-state index in [1.54, 1.807) is 11.6 Å². The Morgan fingerprint density at radius 1 is 1.22 bits per heavy atom. The fourth-order valence-corrected chi connectivity index (χ4v) is 3.90. The summed E-state index contributed by atoms with van der Waals surface area (Å²) < 4.78 is 81.5. The molecule has 1 atom stereocenters. The highest BCUT2D eigenvalue weighted by molar-refractivity contribution is 7.88. The smallest absolute Gasteiger partial charge is 0.292 e. The number of benzene rings is 1. The van der Waals surface area contributed by atoms with Crippen molar-refractivity contribution in [1.29, 1.82) is 0 Å². The van der Waals surface area contributed by atoms with Crippen molar-refractivity contribution < 1.29 is 30.8 Å². The lowest BCUT2D eigenvalue weighted by atomic mass is 10.1. The van der Waals surface area contributed by atoms with E-state index in [9.17, 15) is 40.4 Å². The van der Waals surface area contributed by atoms with Gasteiger partial charge in [0.25, 0.3) is 11.5 Å². The molecule has 0 saturated carbocycles. The lowest BCUT2D eigenvalue weighted by molar-refractivity contribution is -0.144. The minimum atomic E-state index is -5.03. The maximum atomic E-state index is 14.5. The van der Waals surface area contributed by atoms with Gasteiger partial charge in [-0.1, -0.05) is 18.5 Å². The number of nitrogens with one attached hydrogen (secondary N) is 2. The summed E-state index contributed by atoms with van der Waals surface area (Å²) in [6, 6.07) is 0.648. The van der Waals surface area contributed by atoms with Crippen molar-refractivity contribution in [1.82, 2.24) is 18.6 Å². The number of halogens is 5. The summed E-state index contributed by atoms with van der Waals surface area (Å²) in [5.41, 5.74) is -6.20. The van der Waals surface area contributed by atoms with Crippen molar-refractivity contribution in [2.45, 2.75) is 32.5 Å². The van der Waals surface area contributed by atoms with E-state index in [1.165, 1.54) is 6.92 Å². The van der Waals surface area contributed by atoms with E-state index in [2.05, 4.69) is 4.72 Å². The highest BCUT2D eigenvalue weighted by Crippen LogP contribution is 2.27. The topological polar surface area (TPSA) is 119 Å². The Labute approximate surface area is 183 Å². The highest BCUT2D eigenvalue weighted by atomic mass is 35.5. The quantitative estimate of drug-likeness (QED) is 0.585. The number of alkyl halides is 3. The molecule has 176 valence electrons. The second-order valence-corrected chi connectivity index (χ2v) is 8.54. The number of carbonyl (C=O) groups excluding carboxylic acids is 1. The van der Waals surface area contributed by atoms with Gasteiger partial charge in [-0.25, -0.2) is 18.5 Å². The summed E-state index contributed by atoms with van der Waals surface area (Å²) in [6.45, 7) is 3.21. The van der Waals surface area contributed by atoms with Crippen molar-refractivity contribution >= 4 is 27.7 Å². The summed E-state index contributed by atoms with van der Waals surface area (Å²) in [6.07, 6.45) is -4.64. The number of rotatable bonds is 6. The van der Waals surface area contributed by atoms with E-state index in [-0.39, 0.29) is 15.2 Å². The largest absolute Gasteiger partial charge is 0.431 e. The number of hydrogen-bond donors (Lipinski definition) is 2. The zero-order valence-electron chi connectivity index (χ0n) is 16.8. The van der Waals surface area contributed by atoms with Crippen LogP contribution in [-0.4, -0.2) is 29.5 Å². The van der Waals surface area contributed by atoms with Gasteiger partial charge < -0.3 is 0 Å². The molecule has 0 aliphatic carbocycles. The summed E-state index contributed by atoms with van der Waals surface area (Å²) >= 11 is 5.81. The fraction of sp³-hybridized carbons (Fsp3) is 0.353. The molecule has 32 heavy (non-hydrogen) atoms. The molecule has 0 radical (unpaired) electrons. The molecule has 1 heterocycles. The maximum Gasteiger partial charge on any atom is 0.431 e. The predicted octanol–water partition coefficient (Wildman–Crippen LogP) is 1.71. The van der Waals surface area contributed by atoms with Crippen LogP contribution < -0.4 is 20.7 Å². The maximum absolute atomic E-state index is 14.5. The Morgan fingerprint density at radius 2 is 1.81 bits per heavy atom. The van der Waals surface area contributed by atoms with E-state index in [0.29, 0.717) is 18.6 Å². The third-order valence-electron chi connectivity index (χ3n) is 4.33. The second kappa shape index (κ2) is 9.03. The molecule has 1 aromatic carbocycles. The third kappa shape index (κ3) is 5.37. The van der Waals surface area contributed by atoms with Gasteiger partial charge in [0.2, 0.25) is 0 Å². The van der Waals surface area contributed by atoms with Gasteiger partial charge >= 0.3 is 22.1 Å². The monoisotopic (exact) mass is 500 g/mol. The normalized spacial score (nSPS) is 13.1. The fourth-order valence-electron chi connectivity index (χ4n) is 2.56. The summed E-state index contributed by atoms with van der Waals surface area (Å²) in [7, 11) is -3.63. The first kappa shape index (κ1) is 25.5. The van der Waals surface area contributed by atoms with Gasteiger partial charge in [-0.05, 0) is 25.5 Å². The average Bonchev–Trinajstić information content (AvgIpc) is 2.64. The molecule has 1 aromatic heterocycles. The lowest BCUT2D eigenvalue weighted by Crippen LogP contribution is -2.44. The summed E-state index contributed by atoms with van der Waals surface area (Å²) in [5.74, 6) is -2.64. The van der Waals surface area contributed by atoms with Crippen molar-refractivity contribution in [3.8, 4) is 5.69 Å². The number of carbonyl (C=O) groups is 1. The Morgan fingerprint density at radius 3 is 2.34 bits per heavy atom. The first-order valence-corrected chi connectivity index (χ1v) is 10.7. The van der Waals surface area contributed by atoms with Gasteiger partial charge in [-0.2, -0.15) is 26.3 Å². The van der Waals surface area contributed by atoms with Crippen LogP contribution in [0.1, 0.15) is 36.3 Å². The molecule has 0 spiro atoms. The van der Waals surface area contributed by atoms with E-state index < -0.39 is 67.4 Å². The molecule has 0 aliphatic heterocycles. The number of nitrogens with zero attached hydrogens (tertiary/aromatic N) is 2. The molecule has 2 N–H and O–H groups in total. The molecule has 0 fully saturated rings. The average molecular weight is 501 g/mol. The Kier molecular flexibility index (Phi) is 7.21. The van der Waals surface area contributed by atoms with Gasteiger partial charge in [0.1, 0.15) is 11.5 Å². The van der Waals surface area contributed by atoms with Crippen LogP contribution in [0, 0.1) is 5.82 Å². The van der Waals surface area contributed by atoms with Crippen LogP contribution in [0.25, 0.3) is 5.69 Å². The minimum absolute atomic E-state index is 0.0591. The summed E-state index contributed by atoms with van der Waals surface area (Å²) in [4.78, 5) is 37.0. The molecule has 15 heteroatoms. The molecule has 0 saturated heterocycles. The first-order chi connectivity index (χ1) is 14.6.